The lowest BCUT2D eigenvalue weighted by Crippen LogP contribution is -2.66. The van der Waals surface area contributed by atoms with E-state index in [1.807, 2.05) is 0 Å². The van der Waals surface area contributed by atoms with Crippen LogP contribution in [0, 0.1) is 52.3 Å². The van der Waals surface area contributed by atoms with Crippen LogP contribution < -0.4 is 5.32 Å². The molecule has 4 saturated carbocycles. The molecule has 8 fully saturated rings. The van der Waals surface area contributed by atoms with Gasteiger partial charge in [-0.3, -0.25) is 0 Å². The Balaban J connectivity index is 0.916. The summed E-state index contributed by atoms with van der Waals surface area (Å²) >= 11 is 0. The summed E-state index contributed by atoms with van der Waals surface area (Å²) in [6, 6.07) is 0. The van der Waals surface area contributed by atoms with E-state index in [0.717, 1.165) is 49.5 Å². The molecule has 4 saturated heterocycles. The average molecular weight is 866 g/mol. The number of hydrogen-bond donors (Lipinski definition) is 9. The Morgan fingerprint density at radius 3 is 1.98 bits per heavy atom. The van der Waals surface area contributed by atoms with Crippen molar-refractivity contribution < 1.29 is 69.3 Å². The summed E-state index contributed by atoms with van der Waals surface area (Å²) in [7, 11) is 0. The van der Waals surface area contributed by atoms with Gasteiger partial charge in [0.05, 0.1) is 24.9 Å². The van der Waals surface area contributed by atoms with E-state index in [1.165, 1.54) is 57.9 Å². The van der Waals surface area contributed by atoms with Crippen molar-refractivity contribution in [3.05, 3.63) is 11.6 Å². The first-order valence-corrected chi connectivity index (χ1v) is 23.7. The Bertz CT molecular complexity index is 1600. The molecule has 348 valence electrons. The number of nitrogens with one attached hydrogen (secondary N) is 1. The summed E-state index contributed by atoms with van der Waals surface area (Å²) in [5.41, 5.74) is 2.11. The Labute approximate surface area is 360 Å². The third kappa shape index (κ3) is 7.44. The minimum absolute atomic E-state index is 0.0361. The van der Waals surface area contributed by atoms with Crippen LogP contribution in [-0.4, -0.2) is 158 Å². The van der Waals surface area contributed by atoms with Crippen molar-refractivity contribution in [2.45, 2.75) is 210 Å². The molecule has 9 N–H and O–H groups in total. The Hall–Kier alpha value is -0.860. The van der Waals surface area contributed by atoms with Crippen molar-refractivity contribution in [1.82, 2.24) is 5.32 Å². The van der Waals surface area contributed by atoms with Gasteiger partial charge < -0.3 is 74.6 Å². The largest absolute Gasteiger partial charge is 0.394 e. The highest BCUT2D eigenvalue weighted by atomic mass is 16.8. The van der Waals surface area contributed by atoms with Crippen LogP contribution in [0.3, 0.4) is 0 Å². The normalized spacial score (nSPS) is 58.4. The maximum Gasteiger partial charge on any atom is 0.187 e. The van der Waals surface area contributed by atoms with Crippen LogP contribution >= 0.6 is 0 Å². The fourth-order valence-corrected chi connectivity index (χ4v) is 15.0. The van der Waals surface area contributed by atoms with Gasteiger partial charge in [-0.1, -0.05) is 39.3 Å². The average Bonchev–Trinajstić information content (AvgIpc) is 3.69. The Kier molecular flexibility index (Phi) is 12.5. The van der Waals surface area contributed by atoms with Crippen LogP contribution in [0.25, 0.3) is 0 Å². The zero-order valence-electron chi connectivity index (χ0n) is 36.9. The van der Waals surface area contributed by atoms with E-state index in [1.54, 1.807) is 0 Å². The second-order valence-electron chi connectivity index (χ2n) is 21.8. The van der Waals surface area contributed by atoms with Crippen molar-refractivity contribution in [3.63, 3.8) is 0 Å². The highest BCUT2D eigenvalue weighted by molar-refractivity contribution is 5.27. The zero-order chi connectivity index (χ0) is 43.5. The van der Waals surface area contributed by atoms with E-state index in [4.69, 9.17) is 28.4 Å². The summed E-state index contributed by atoms with van der Waals surface area (Å²) < 4.78 is 36.7. The van der Waals surface area contributed by atoms with Gasteiger partial charge in [0, 0.05) is 5.54 Å². The van der Waals surface area contributed by atoms with Crippen LogP contribution in [0.2, 0.25) is 0 Å². The molecule has 61 heavy (non-hydrogen) atoms. The van der Waals surface area contributed by atoms with Crippen LogP contribution in [-0.2, 0) is 28.4 Å². The van der Waals surface area contributed by atoms with E-state index in [2.05, 4.69) is 39.1 Å². The molecule has 15 nitrogen and oxygen atoms in total. The topological polar surface area (TPSA) is 229 Å². The van der Waals surface area contributed by atoms with E-state index in [9.17, 15) is 40.9 Å². The molecule has 0 aromatic heterocycles. The van der Waals surface area contributed by atoms with E-state index in [-0.39, 0.29) is 11.5 Å². The first-order valence-electron chi connectivity index (χ1n) is 23.7. The Morgan fingerprint density at radius 1 is 0.705 bits per heavy atom. The second-order valence-corrected chi connectivity index (χ2v) is 21.8. The molecule has 9 aliphatic rings. The molecule has 4 aliphatic heterocycles. The number of ether oxygens (including phenoxy) is 6. The summed E-state index contributed by atoms with van der Waals surface area (Å²) in [6.07, 6.45) is -7.87. The van der Waals surface area contributed by atoms with Crippen molar-refractivity contribution in [2.24, 2.45) is 52.3 Å². The first kappa shape index (κ1) is 45.3. The van der Waals surface area contributed by atoms with Crippen LogP contribution in [0.1, 0.15) is 106 Å². The number of hydrogen-bond acceptors (Lipinski definition) is 15. The van der Waals surface area contributed by atoms with Gasteiger partial charge in [0.2, 0.25) is 0 Å². The summed E-state index contributed by atoms with van der Waals surface area (Å²) in [4.78, 5) is 0. The quantitative estimate of drug-likeness (QED) is 0.165. The fourth-order valence-electron chi connectivity index (χ4n) is 15.0. The summed E-state index contributed by atoms with van der Waals surface area (Å²) in [5, 5.41) is 90.0. The number of piperidine rings is 1. The molecule has 0 aromatic carbocycles. The lowest BCUT2D eigenvalue weighted by atomic mass is 9.46. The van der Waals surface area contributed by atoms with E-state index >= 15 is 0 Å². The number of aliphatic hydroxyl groups is 8. The van der Waals surface area contributed by atoms with Crippen molar-refractivity contribution in [2.75, 3.05) is 13.2 Å². The molecule has 9 rings (SSSR count). The highest BCUT2D eigenvalue weighted by Gasteiger charge is 2.67. The Morgan fingerprint density at radius 2 is 1.36 bits per heavy atom. The van der Waals surface area contributed by atoms with E-state index < -0.39 is 98.7 Å². The lowest BCUT2D eigenvalue weighted by Gasteiger charge is -2.59. The van der Waals surface area contributed by atoms with Gasteiger partial charge in [0.1, 0.15) is 61.0 Å². The minimum Gasteiger partial charge on any atom is -0.394 e. The smallest absolute Gasteiger partial charge is 0.187 e. The molecule has 0 radical (unpaired) electrons. The third-order valence-electron chi connectivity index (χ3n) is 18.6. The second kappa shape index (κ2) is 16.8. The number of allylic oxidation sites excluding steroid dienone is 1. The van der Waals surface area contributed by atoms with E-state index in [0.29, 0.717) is 35.1 Å². The van der Waals surface area contributed by atoms with Gasteiger partial charge in [-0.05, 0) is 137 Å². The molecule has 15 heteroatoms. The molecular weight excluding hydrogens is 790 g/mol. The lowest BCUT2D eigenvalue weighted by molar-refractivity contribution is -0.388. The number of fused-ring (bicyclic) bond motifs is 7. The monoisotopic (exact) mass is 866 g/mol. The predicted molar refractivity (Wildman–Crippen MR) is 218 cm³/mol. The molecule has 0 aromatic rings. The molecule has 1 spiro atoms. The van der Waals surface area contributed by atoms with Crippen LogP contribution in [0.4, 0.5) is 0 Å². The highest BCUT2D eigenvalue weighted by Crippen LogP contribution is 2.72. The molecule has 4 heterocycles. The SMILES string of the molecule is CC1O[C@@H](OC2[C@H](O[C@H]3CC[C@@]4(C)C(=CCC5C6CC7C[C@]8(CC[C@H](C)CN8)[C@@H](C)C7[C@@]6(C)CCC54)C3)OC(CO)[C@H](O[C@@H]3OC(C)[C@H](O)[C@@H](O)C3O)[C@@H]2O)C(O)[C@H](O)[C@H]1O. The minimum atomic E-state index is -1.70. The summed E-state index contributed by atoms with van der Waals surface area (Å²) in [6.45, 7) is 13.6. The molecule has 11 unspecified atom stereocenters. The maximum atomic E-state index is 12.0. The van der Waals surface area contributed by atoms with Crippen LogP contribution in [0.5, 0.6) is 0 Å². The van der Waals surface area contributed by atoms with Gasteiger partial charge in [-0.15, -0.1) is 0 Å². The number of aliphatic hydroxyl groups excluding tert-OH is 8. The zero-order valence-corrected chi connectivity index (χ0v) is 36.9. The molecular formula is C46H75NO14. The predicted octanol–water partition coefficient (Wildman–Crippen LogP) is 1.48. The standard InChI is InChI=1S/C46H75NO14/c1-20-9-14-46(47-18-20)17-24-15-29-27-8-7-25-16-26(10-12-44(25,5)28(27)11-13-45(29,6)31(24)21(46)2)58-43-40(61-42-37(54)35(52)33(50)23(4)57-42)38(55)39(30(19-48)59-43)60-41-36(53)34(51)32(49)22(3)56-41/h7,20-24,26-43,47-55H,8-19H2,1-6H3/t20-,21-,22?,23?,24?,26-,27?,28?,29?,30?,31?,32-,33-,34+,35+,36?,37?,38-,39-,40?,41-,42-,43+,44-,45-,46+/m0/s1. The van der Waals surface area contributed by atoms with Gasteiger partial charge in [-0.25, -0.2) is 0 Å². The third-order valence-corrected chi connectivity index (χ3v) is 18.6. The molecule has 0 bridgehead atoms. The van der Waals surface area contributed by atoms with Gasteiger partial charge in [-0.2, -0.15) is 0 Å². The fraction of sp³-hybridized carbons (Fsp3) is 0.957. The summed E-state index contributed by atoms with van der Waals surface area (Å²) in [5.74, 6) is 5.00. The van der Waals surface area contributed by atoms with Crippen molar-refractivity contribution >= 4 is 0 Å². The number of rotatable bonds is 7. The molecule has 26 atom stereocenters. The molecule has 5 aliphatic carbocycles. The van der Waals surface area contributed by atoms with Gasteiger partial charge in [0.25, 0.3) is 0 Å². The first-order chi connectivity index (χ1) is 28.9. The van der Waals surface area contributed by atoms with Crippen molar-refractivity contribution in [3.8, 4) is 0 Å². The van der Waals surface area contributed by atoms with Crippen LogP contribution in [0.15, 0.2) is 11.6 Å². The van der Waals surface area contributed by atoms with Gasteiger partial charge in [0.15, 0.2) is 18.9 Å². The van der Waals surface area contributed by atoms with Gasteiger partial charge >= 0.3 is 0 Å². The molecule has 0 amide bonds. The maximum absolute atomic E-state index is 12.0. The van der Waals surface area contributed by atoms with Crippen molar-refractivity contribution in [1.29, 1.82) is 0 Å².